The van der Waals surface area contributed by atoms with E-state index in [1.807, 2.05) is 18.7 Å². The maximum Gasteiger partial charge on any atom is 0.224 e. The summed E-state index contributed by atoms with van der Waals surface area (Å²) in [5.41, 5.74) is 0. The zero-order chi connectivity index (χ0) is 12.0. The fourth-order valence-corrected chi connectivity index (χ4v) is 3.12. The van der Waals surface area contributed by atoms with E-state index >= 15 is 0 Å². The second-order valence-corrected chi connectivity index (χ2v) is 6.51. The van der Waals surface area contributed by atoms with E-state index in [4.69, 9.17) is 0 Å². The van der Waals surface area contributed by atoms with Gasteiger partial charge in [-0.05, 0) is 32.1 Å². The average Bonchev–Trinajstić information content (AvgIpc) is 2.70. The van der Waals surface area contributed by atoms with E-state index in [-0.39, 0.29) is 16.6 Å². The summed E-state index contributed by atoms with van der Waals surface area (Å²) in [5.74, 6) is 1.48. The lowest BCUT2D eigenvalue weighted by atomic mass is 10.1. The van der Waals surface area contributed by atoms with Gasteiger partial charge < -0.3 is 10.6 Å². The zero-order valence-corrected chi connectivity index (χ0v) is 11.5. The summed E-state index contributed by atoms with van der Waals surface area (Å²) in [6, 6.07) is 0. The third-order valence-electron chi connectivity index (χ3n) is 3.09. The highest BCUT2D eigenvalue weighted by atomic mass is 32.2. The molecule has 2 atom stereocenters. The van der Waals surface area contributed by atoms with E-state index in [2.05, 4.69) is 24.5 Å². The molecule has 3 nitrogen and oxygen atoms in total. The molecule has 0 aromatic rings. The van der Waals surface area contributed by atoms with Crippen molar-refractivity contribution in [1.82, 2.24) is 10.6 Å². The van der Waals surface area contributed by atoms with Gasteiger partial charge in [-0.3, -0.25) is 4.79 Å². The minimum Gasteiger partial charge on any atom is -0.354 e. The fourth-order valence-electron chi connectivity index (χ4n) is 1.88. The molecule has 4 heteroatoms. The summed E-state index contributed by atoms with van der Waals surface area (Å²) >= 11 is 1.99. The van der Waals surface area contributed by atoms with E-state index in [0.717, 1.165) is 19.6 Å². The van der Waals surface area contributed by atoms with Gasteiger partial charge in [-0.1, -0.05) is 13.8 Å². The molecule has 0 aliphatic carbocycles. The van der Waals surface area contributed by atoms with Crippen LogP contribution in [0.2, 0.25) is 0 Å². The van der Waals surface area contributed by atoms with Crippen LogP contribution in [0.1, 0.15) is 33.6 Å². The van der Waals surface area contributed by atoms with Crippen molar-refractivity contribution in [1.29, 1.82) is 0 Å². The minimum atomic E-state index is 0.0648. The fraction of sp³-hybridized carbons (Fsp3) is 0.917. The van der Waals surface area contributed by atoms with Crippen molar-refractivity contribution in [2.45, 2.75) is 38.4 Å². The Morgan fingerprint density at radius 2 is 2.31 bits per heavy atom. The molecule has 94 valence electrons. The highest BCUT2D eigenvalue weighted by Gasteiger charge is 2.30. The van der Waals surface area contributed by atoms with Crippen LogP contribution >= 0.6 is 11.8 Å². The van der Waals surface area contributed by atoms with Crippen LogP contribution in [-0.4, -0.2) is 36.0 Å². The van der Waals surface area contributed by atoms with Crippen LogP contribution in [-0.2, 0) is 4.79 Å². The highest BCUT2D eigenvalue weighted by molar-refractivity contribution is 8.00. The number of thioether (sulfide) groups is 1. The molecular formula is C12H24N2OS. The summed E-state index contributed by atoms with van der Waals surface area (Å²) in [6.07, 6.45) is 2.50. The van der Waals surface area contributed by atoms with Gasteiger partial charge in [0.2, 0.25) is 5.91 Å². The Morgan fingerprint density at radius 1 is 1.56 bits per heavy atom. The summed E-state index contributed by atoms with van der Waals surface area (Å²) in [6.45, 7) is 8.78. The number of carbonyl (C=O) groups excluding carboxylic acids is 1. The van der Waals surface area contributed by atoms with Crippen LogP contribution in [0.3, 0.4) is 0 Å². The summed E-state index contributed by atoms with van der Waals surface area (Å²) in [5, 5.41) is 6.27. The Labute approximate surface area is 103 Å². The predicted molar refractivity (Wildman–Crippen MR) is 70.8 cm³/mol. The SMILES string of the molecule is CCNCC(C)C(=O)NCC1(C)CCCS1. The quantitative estimate of drug-likeness (QED) is 0.746. The lowest BCUT2D eigenvalue weighted by Gasteiger charge is -2.24. The Hall–Kier alpha value is -0.220. The summed E-state index contributed by atoms with van der Waals surface area (Å²) < 4.78 is 0.271. The standard InChI is InChI=1S/C12H24N2OS/c1-4-13-8-10(2)11(15)14-9-12(3)6-5-7-16-12/h10,13H,4-9H2,1-3H3,(H,14,15). The molecule has 1 heterocycles. The first-order valence-corrected chi connectivity index (χ1v) is 7.18. The zero-order valence-electron chi connectivity index (χ0n) is 10.6. The van der Waals surface area contributed by atoms with Gasteiger partial charge >= 0.3 is 0 Å². The van der Waals surface area contributed by atoms with Gasteiger partial charge in [-0.2, -0.15) is 11.8 Å². The summed E-state index contributed by atoms with van der Waals surface area (Å²) in [4.78, 5) is 11.8. The number of amides is 1. The van der Waals surface area contributed by atoms with Gasteiger partial charge in [0, 0.05) is 23.8 Å². The molecule has 1 amide bonds. The Bertz CT molecular complexity index is 227. The lowest BCUT2D eigenvalue weighted by Crippen LogP contribution is -2.41. The van der Waals surface area contributed by atoms with Gasteiger partial charge in [0.05, 0.1) is 0 Å². The molecule has 0 aromatic carbocycles. The van der Waals surface area contributed by atoms with Crippen LogP contribution in [0.15, 0.2) is 0 Å². The Morgan fingerprint density at radius 3 is 2.88 bits per heavy atom. The van der Waals surface area contributed by atoms with Crippen LogP contribution in [0, 0.1) is 5.92 Å². The molecule has 0 saturated carbocycles. The van der Waals surface area contributed by atoms with Crippen molar-refractivity contribution < 1.29 is 4.79 Å². The molecule has 1 aliphatic rings. The lowest BCUT2D eigenvalue weighted by molar-refractivity contribution is -0.124. The van der Waals surface area contributed by atoms with E-state index in [9.17, 15) is 4.79 Å². The first-order valence-electron chi connectivity index (χ1n) is 6.20. The number of carbonyl (C=O) groups is 1. The van der Waals surface area contributed by atoms with E-state index in [0.29, 0.717) is 0 Å². The smallest absolute Gasteiger partial charge is 0.224 e. The van der Waals surface area contributed by atoms with Crippen molar-refractivity contribution in [2.24, 2.45) is 5.92 Å². The Kier molecular flexibility index (Phi) is 5.62. The van der Waals surface area contributed by atoms with Gasteiger partial charge in [-0.15, -0.1) is 0 Å². The van der Waals surface area contributed by atoms with Crippen molar-refractivity contribution >= 4 is 17.7 Å². The van der Waals surface area contributed by atoms with Crippen LogP contribution < -0.4 is 10.6 Å². The molecule has 1 saturated heterocycles. The molecule has 0 spiro atoms. The van der Waals surface area contributed by atoms with Gasteiger partial charge in [0.1, 0.15) is 0 Å². The second-order valence-electron chi connectivity index (χ2n) is 4.83. The molecule has 1 fully saturated rings. The molecule has 16 heavy (non-hydrogen) atoms. The van der Waals surface area contributed by atoms with Gasteiger partial charge in [-0.25, -0.2) is 0 Å². The van der Waals surface area contributed by atoms with Crippen LogP contribution in [0.5, 0.6) is 0 Å². The first-order chi connectivity index (χ1) is 7.57. The maximum absolute atomic E-state index is 11.8. The number of rotatable bonds is 6. The van der Waals surface area contributed by atoms with Crippen molar-refractivity contribution in [2.75, 3.05) is 25.4 Å². The third-order valence-corrected chi connectivity index (χ3v) is 4.62. The summed E-state index contributed by atoms with van der Waals surface area (Å²) in [7, 11) is 0. The predicted octanol–water partition coefficient (Wildman–Crippen LogP) is 1.63. The third kappa shape index (κ3) is 4.34. The molecule has 1 rings (SSSR count). The molecule has 0 radical (unpaired) electrons. The number of hydrogen-bond donors (Lipinski definition) is 2. The second kappa shape index (κ2) is 6.50. The molecule has 0 bridgehead atoms. The molecule has 2 N–H and O–H groups in total. The highest BCUT2D eigenvalue weighted by Crippen LogP contribution is 2.36. The largest absolute Gasteiger partial charge is 0.354 e. The Balaban J connectivity index is 2.23. The molecular weight excluding hydrogens is 220 g/mol. The van der Waals surface area contributed by atoms with Crippen molar-refractivity contribution in [3.8, 4) is 0 Å². The molecule has 2 unspecified atom stereocenters. The first kappa shape index (κ1) is 13.8. The topological polar surface area (TPSA) is 41.1 Å². The van der Waals surface area contributed by atoms with E-state index in [1.165, 1.54) is 18.6 Å². The van der Waals surface area contributed by atoms with E-state index in [1.54, 1.807) is 0 Å². The van der Waals surface area contributed by atoms with Crippen molar-refractivity contribution in [3.63, 3.8) is 0 Å². The number of nitrogens with one attached hydrogen (secondary N) is 2. The number of hydrogen-bond acceptors (Lipinski definition) is 3. The van der Waals surface area contributed by atoms with Crippen LogP contribution in [0.25, 0.3) is 0 Å². The molecule has 1 aliphatic heterocycles. The van der Waals surface area contributed by atoms with Gasteiger partial charge in [0.15, 0.2) is 0 Å². The van der Waals surface area contributed by atoms with Gasteiger partial charge in [0.25, 0.3) is 0 Å². The average molecular weight is 244 g/mol. The monoisotopic (exact) mass is 244 g/mol. The minimum absolute atomic E-state index is 0.0648. The van der Waals surface area contributed by atoms with E-state index < -0.39 is 0 Å². The van der Waals surface area contributed by atoms with Crippen LogP contribution in [0.4, 0.5) is 0 Å². The van der Waals surface area contributed by atoms with Crippen molar-refractivity contribution in [3.05, 3.63) is 0 Å². The molecule has 0 aromatic heterocycles. The normalized spacial score (nSPS) is 26.7. The maximum atomic E-state index is 11.8.